The second-order valence-corrected chi connectivity index (χ2v) is 4.83. The number of aromatic nitrogens is 2. The summed E-state index contributed by atoms with van der Waals surface area (Å²) in [7, 11) is 4.00. The van der Waals surface area contributed by atoms with E-state index in [1.165, 1.54) is 0 Å². The Kier molecular flexibility index (Phi) is 4.93. The number of likely N-dealkylation sites (N-methyl/N-ethyl adjacent to an activating group) is 1. The van der Waals surface area contributed by atoms with E-state index in [-0.39, 0.29) is 0 Å². The largest absolute Gasteiger partial charge is 0.374 e. The number of anilines is 2. The van der Waals surface area contributed by atoms with E-state index < -0.39 is 0 Å². The Morgan fingerprint density at radius 1 is 1.42 bits per heavy atom. The molecule has 0 radical (unpaired) electrons. The molecule has 1 unspecified atom stereocenters. The van der Waals surface area contributed by atoms with Crippen LogP contribution in [0.25, 0.3) is 0 Å². The summed E-state index contributed by atoms with van der Waals surface area (Å²) in [6, 6.07) is 2.40. The van der Waals surface area contributed by atoms with Gasteiger partial charge in [0, 0.05) is 32.3 Å². The zero-order valence-corrected chi connectivity index (χ0v) is 11.9. The van der Waals surface area contributed by atoms with Gasteiger partial charge in [0.15, 0.2) is 5.82 Å². The number of likely N-dealkylation sites (tertiary alicyclic amines) is 1. The Labute approximate surface area is 114 Å². The van der Waals surface area contributed by atoms with Crippen molar-refractivity contribution in [2.75, 3.05) is 44.4 Å². The Morgan fingerprint density at radius 2 is 2.21 bits per heavy atom. The van der Waals surface area contributed by atoms with Gasteiger partial charge in [-0.2, -0.15) is 0 Å². The molecule has 1 aromatic heterocycles. The number of hydrogen-bond donors (Lipinski definition) is 2. The highest BCUT2D eigenvalue weighted by atomic mass is 16.5. The molecule has 19 heavy (non-hydrogen) atoms. The van der Waals surface area contributed by atoms with Gasteiger partial charge in [0.1, 0.15) is 18.2 Å². The summed E-state index contributed by atoms with van der Waals surface area (Å²) in [5, 5.41) is 6.54. The van der Waals surface area contributed by atoms with Gasteiger partial charge in [0.25, 0.3) is 0 Å². The van der Waals surface area contributed by atoms with Crippen LogP contribution in [0.5, 0.6) is 0 Å². The fourth-order valence-electron chi connectivity index (χ4n) is 2.22. The van der Waals surface area contributed by atoms with E-state index in [0.717, 1.165) is 31.1 Å². The minimum atomic E-state index is 0.450. The van der Waals surface area contributed by atoms with Gasteiger partial charge in [0.2, 0.25) is 0 Å². The highest BCUT2D eigenvalue weighted by Gasteiger charge is 2.19. The first-order chi connectivity index (χ1) is 9.21. The first kappa shape index (κ1) is 14.0. The Hall–Kier alpha value is -1.40. The lowest BCUT2D eigenvalue weighted by Crippen LogP contribution is -2.24. The average Bonchev–Trinajstić information content (AvgIpc) is 2.81. The SMILES string of the molecule is CCOCc1nc(NC)cc(NC2CCN(C)C2)n1. The Bertz CT molecular complexity index is 412. The molecule has 2 rings (SSSR count). The molecule has 0 aromatic carbocycles. The van der Waals surface area contributed by atoms with Crippen molar-refractivity contribution in [2.24, 2.45) is 0 Å². The molecule has 1 aliphatic rings. The number of rotatable bonds is 6. The highest BCUT2D eigenvalue weighted by molar-refractivity contribution is 5.47. The van der Waals surface area contributed by atoms with Gasteiger partial charge in [-0.25, -0.2) is 9.97 Å². The fourth-order valence-corrected chi connectivity index (χ4v) is 2.22. The third kappa shape index (κ3) is 4.04. The van der Waals surface area contributed by atoms with Gasteiger partial charge in [-0.15, -0.1) is 0 Å². The lowest BCUT2D eigenvalue weighted by molar-refractivity contribution is 0.128. The van der Waals surface area contributed by atoms with Gasteiger partial charge < -0.3 is 20.3 Å². The summed E-state index contributed by atoms with van der Waals surface area (Å²) >= 11 is 0. The normalized spacial score (nSPS) is 19.6. The third-order valence-corrected chi connectivity index (χ3v) is 3.21. The van der Waals surface area contributed by atoms with Crippen LogP contribution in [0.3, 0.4) is 0 Å². The molecule has 1 fully saturated rings. The molecular formula is C13H23N5O. The number of nitrogens with one attached hydrogen (secondary N) is 2. The van der Waals surface area contributed by atoms with Gasteiger partial charge in [-0.1, -0.05) is 0 Å². The molecule has 6 nitrogen and oxygen atoms in total. The zero-order chi connectivity index (χ0) is 13.7. The van der Waals surface area contributed by atoms with Crippen molar-refractivity contribution in [3.05, 3.63) is 11.9 Å². The van der Waals surface area contributed by atoms with Gasteiger partial charge >= 0.3 is 0 Å². The maximum atomic E-state index is 5.37. The van der Waals surface area contributed by atoms with Crippen molar-refractivity contribution in [2.45, 2.75) is 26.0 Å². The van der Waals surface area contributed by atoms with Crippen LogP contribution in [0.15, 0.2) is 6.07 Å². The van der Waals surface area contributed by atoms with E-state index >= 15 is 0 Å². The first-order valence-electron chi connectivity index (χ1n) is 6.79. The van der Waals surface area contributed by atoms with Crippen LogP contribution >= 0.6 is 0 Å². The summed E-state index contributed by atoms with van der Waals surface area (Å²) in [5.41, 5.74) is 0. The molecule has 1 aliphatic heterocycles. The molecule has 1 saturated heterocycles. The molecule has 1 aromatic rings. The molecule has 0 saturated carbocycles. The van der Waals surface area contributed by atoms with Crippen LogP contribution in [0.2, 0.25) is 0 Å². The van der Waals surface area contributed by atoms with Gasteiger partial charge in [-0.05, 0) is 26.9 Å². The van der Waals surface area contributed by atoms with E-state index in [2.05, 4.69) is 32.5 Å². The third-order valence-electron chi connectivity index (χ3n) is 3.21. The zero-order valence-electron chi connectivity index (χ0n) is 11.9. The summed E-state index contributed by atoms with van der Waals surface area (Å²) < 4.78 is 5.37. The van der Waals surface area contributed by atoms with Crippen LogP contribution in [0, 0.1) is 0 Å². The lowest BCUT2D eigenvalue weighted by Gasteiger charge is -2.15. The van der Waals surface area contributed by atoms with Crippen molar-refractivity contribution < 1.29 is 4.74 Å². The predicted molar refractivity (Wildman–Crippen MR) is 76.4 cm³/mol. The topological polar surface area (TPSA) is 62.3 Å². The predicted octanol–water partition coefficient (Wildman–Crippen LogP) is 1.17. The van der Waals surface area contributed by atoms with Crippen molar-refractivity contribution in [3.63, 3.8) is 0 Å². The molecule has 0 amide bonds. The summed E-state index contributed by atoms with van der Waals surface area (Å²) in [6.07, 6.45) is 1.15. The monoisotopic (exact) mass is 265 g/mol. The molecule has 106 valence electrons. The molecule has 1 atom stereocenters. The fraction of sp³-hybridized carbons (Fsp3) is 0.692. The number of ether oxygens (including phenoxy) is 1. The van der Waals surface area contributed by atoms with Crippen LogP contribution in [-0.2, 0) is 11.3 Å². The minimum Gasteiger partial charge on any atom is -0.374 e. The van der Waals surface area contributed by atoms with E-state index in [1.807, 2.05) is 20.0 Å². The van der Waals surface area contributed by atoms with E-state index in [1.54, 1.807) is 0 Å². The molecule has 0 bridgehead atoms. The second kappa shape index (κ2) is 6.68. The van der Waals surface area contributed by atoms with Crippen LogP contribution in [0.1, 0.15) is 19.2 Å². The van der Waals surface area contributed by atoms with E-state index in [0.29, 0.717) is 25.1 Å². The molecule has 0 aliphatic carbocycles. The quantitative estimate of drug-likeness (QED) is 0.805. The molecule has 2 N–H and O–H groups in total. The van der Waals surface area contributed by atoms with E-state index in [4.69, 9.17) is 4.74 Å². The summed E-state index contributed by atoms with van der Waals surface area (Å²) in [5.74, 6) is 2.40. The van der Waals surface area contributed by atoms with Crippen molar-refractivity contribution in [1.82, 2.24) is 14.9 Å². The van der Waals surface area contributed by atoms with Gasteiger partial charge in [-0.3, -0.25) is 0 Å². The Balaban J connectivity index is 2.05. The average molecular weight is 265 g/mol. The van der Waals surface area contributed by atoms with Crippen molar-refractivity contribution >= 4 is 11.6 Å². The van der Waals surface area contributed by atoms with Crippen molar-refractivity contribution in [3.8, 4) is 0 Å². The van der Waals surface area contributed by atoms with E-state index in [9.17, 15) is 0 Å². The van der Waals surface area contributed by atoms with Crippen molar-refractivity contribution in [1.29, 1.82) is 0 Å². The standard InChI is InChI=1S/C13H23N5O/c1-4-19-9-13-16-11(14-2)7-12(17-13)15-10-5-6-18(3)8-10/h7,10H,4-6,8-9H2,1-3H3,(H2,14,15,16,17). The second-order valence-electron chi connectivity index (χ2n) is 4.83. The minimum absolute atomic E-state index is 0.450. The van der Waals surface area contributed by atoms with Crippen LogP contribution in [-0.4, -0.2) is 54.7 Å². The van der Waals surface area contributed by atoms with Gasteiger partial charge in [0.05, 0.1) is 0 Å². The number of nitrogens with zero attached hydrogens (tertiary/aromatic N) is 3. The number of hydrogen-bond acceptors (Lipinski definition) is 6. The van der Waals surface area contributed by atoms with Crippen LogP contribution < -0.4 is 10.6 Å². The first-order valence-corrected chi connectivity index (χ1v) is 6.79. The maximum absolute atomic E-state index is 5.37. The molecule has 2 heterocycles. The Morgan fingerprint density at radius 3 is 2.84 bits per heavy atom. The molecular weight excluding hydrogens is 242 g/mol. The highest BCUT2D eigenvalue weighted by Crippen LogP contribution is 2.16. The smallest absolute Gasteiger partial charge is 0.158 e. The summed E-state index contributed by atoms with van der Waals surface area (Å²) in [6.45, 7) is 5.27. The lowest BCUT2D eigenvalue weighted by atomic mass is 10.2. The molecule has 0 spiro atoms. The molecule has 6 heteroatoms. The van der Waals surface area contributed by atoms with Crippen LogP contribution in [0.4, 0.5) is 11.6 Å². The summed E-state index contributed by atoms with van der Waals surface area (Å²) in [4.78, 5) is 11.2. The maximum Gasteiger partial charge on any atom is 0.158 e.